The highest BCUT2D eigenvalue weighted by molar-refractivity contribution is 5.93. The first-order valence-corrected chi connectivity index (χ1v) is 16.5. The van der Waals surface area contributed by atoms with Gasteiger partial charge in [0.1, 0.15) is 5.56 Å². The lowest BCUT2D eigenvalue weighted by Crippen LogP contribution is -2.67. The maximum Gasteiger partial charge on any atom is 0.422 e. The number of carbonyl (C=O) groups is 1. The topological polar surface area (TPSA) is 113 Å². The molecule has 0 radical (unpaired) electrons. The van der Waals surface area contributed by atoms with Gasteiger partial charge in [-0.15, -0.1) is 24.8 Å². The third-order valence-corrected chi connectivity index (χ3v) is 9.04. The van der Waals surface area contributed by atoms with E-state index in [-0.39, 0.29) is 90.8 Å². The summed E-state index contributed by atoms with van der Waals surface area (Å²) in [5.41, 5.74) is 2.08. The predicted octanol–water partition coefficient (Wildman–Crippen LogP) is 5.20. The number of rotatable bonds is 11. The first-order valence-electron chi connectivity index (χ1n) is 16.5. The standard InChI is InChI=1S/C36H39F3N6O5.2ClH/c1-3-49-35-41-32(48-2)28(33(42-35)50-23-36(37,38)39)21-43-19-26-20-44(34(47)27-15-10-16-40-31(27)46)17-18-45(26)29(22-43)30(24-11-6-4-7-12-24)25-13-8-5-9-14-25;;/h4-16,26,29-30H,3,17-23H2,1-2H3,(H,40,46);2*1H/t26-,29+;;/m1../s1. The molecule has 2 fully saturated rings. The van der Waals surface area contributed by atoms with Crippen LogP contribution in [0.2, 0.25) is 0 Å². The largest absolute Gasteiger partial charge is 0.481 e. The smallest absolute Gasteiger partial charge is 0.422 e. The number of nitrogens with one attached hydrogen (secondary N) is 1. The Labute approximate surface area is 311 Å². The maximum absolute atomic E-state index is 13.6. The third kappa shape index (κ3) is 9.34. The van der Waals surface area contributed by atoms with Crippen LogP contribution in [0.1, 0.15) is 39.9 Å². The number of alkyl halides is 3. The molecule has 0 saturated carbocycles. The van der Waals surface area contributed by atoms with Crippen molar-refractivity contribution in [3.05, 3.63) is 112 Å². The number of aromatic amines is 1. The van der Waals surface area contributed by atoms with Crippen molar-refractivity contribution in [2.45, 2.75) is 37.6 Å². The fourth-order valence-corrected chi connectivity index (χ4v) is 6.95. The summed E-state index contributed by atoms with van der Waals surface area (Å²) in [6.07, 6.45) is -3.12. The van der Waals surface area contributed by atoms with Crippen LogP contribution in [0, 0.1) is 0 Å². The van der Waals surface area contributed by atoms with E-state index >= 15 is 0 Å². The van der Waals surface area contributed by atoms with Gasteiger partial charge in [-0.05, 0) is 30.2 Å². The second kappa shape index (κ2) is 17.9. The molecule has 2 aliphatic heterocycles. The number of piperazine rings is 2. The second-order valence-electron chi connectivity index (χ2n) is 12.3. The highest BCUT2D eigenvalue weighted by Gasteiger charge is 2.44. The van der Waals surface area contributed by atoms with E-state index < -0.39 is 18.3 Å². The van der Waals surface area contributed by atoms with E-state index in [9.17, 15) is 22.8 Å². The first kappa shape index (κ1) is 40.4. The zero-order valence-electron chi connectivity index (χ0n) is 28.6. The molecule has 0 spiro atoms. The summed E-state index contributed by atoms with van der Waals surface area (Å²) in [5, 5.41) is 0. The Bertz CT molecular complexity index is 1780. The second-order valence-corrected chi connectivity index (χ2v) is 12.3. The number of carbonyl (C=O) groups excluding carboxylic acids is 1. The van der Waals surface area contributed by atoms with Crippen LogP contribution in [0.4, 0.5) is 13.2 Å². The molecule has 52 heavy (non-hydrogen) atoms. The van der Waals surface area contributed by atoms with Crippen LogP contribution in [0.3, 0.4) is 0 Å². The summed E-state index contributed by atoms with van der Waals surface area (Å²) >= 11 is 0. The first-order chi connectivity index (χ1) is 24.1. The molecule has 1 N–H and O–H groups in total. The molecule has 2 aromatic heterocycles. The number of methoxy groups -OCH3 is 1. The van der Waals surface area contributed by atoms with Gasteiger partial charge in [-0.1, -0.05) is 60.7 Å². The molecule has 2 atom stereocenters. The molecule has 4 heterocycles. The number of hydrogen-bond acceptors (Lipinski definition) is 9. The van der Waals surface area contributed by atoms with Crippen LogP contribution in [0.5, 0.6) is 17.8 Å². The van der Waals surface area contributed by atoms with Gasteiger partial charge in [0, 0.05) is 63.5 Å². The lowest BCUT2D eigenvalue weighted by atomic mass is 9.81. The average Bonchev–Trinajstić information content (AvgIpc) is 3.12. The van der Waals surface area contributed by atoms with Crippen molar-refractivity contribution in [1.82, 2.24) is 29.7 Å². The van der Waals surface area contributed by atoms with Crippen molar-refractivity contribution in [2.24, 2.45) is 0 Å². The summed E-state index contributed by atoms with van der Waals surface area (Å²) in [4.78, 5) is 43.5. The maximum atomic E-state index is 13.6. The minimum atomic E-state index is -4.60. The molecule has 0 bridgehead atoms. The third-order valence-electron chi connectivity index (χ3n) is 9.04. The quantitative estimate of drug-likeness (QED) is 0.220. The molecule has 4 aromatic rings. The number of nitrogens with zero attached hydrogens (tertiary/aromatic N) is 5. The zero-order chi connectivity index (χ0) is 35.3. The van der Waals surface area contributed by atoms with Gasteiger partial charge in [0.05, 0.1) is 19.3 Å². The molecule has 6 rings (SSSR count). The number of fused-ring (bicyclic) bond motifs is 1. The minimum Gasteiger partial charge on any atom is -0.481 e. The number of H-pyrrole nitrogens is 1. The van der Waals surface area contributed by atoms with E-state index in [1.54, 1.807) is 17.9 Å². The Balaban J connectivity index is 0.00000302. The van der Waals surface area contributed by atoms with Crippen molar-refractivity contribution in [2.75, 3.05) is 53.0 Å². The molecule has 11 nitrogen and oxygen atoms in total. The van der Waals surface area contributed by atoms with Crippen LogP contribution in [-0.2, 0) is 6.54 Å². The van der Waals surface area contributed by atoms with E-state index in [1.807, 2.05) is 36.4 Å². The number of hydrogen-bond donors (Lipinski definition) is 1. The Kier molecular flexibility index (Phi) is 13.9. The van der Waals surface area contributed by atoms with Crippen molar-refractivity contribution in [3.8, 4) is 17.8 Å². The van der Waals surface area contributed by atoms with Gasteiger partial charge in [0.2, 0.25) is 11.8 Å². The van der Waals surface area contributed by atoms with Gasteiger partial charge < -0.3 is 24.1 Å². The van der Waals surface area contributed by atoms with E-state index in [0.717, 1.165) is 11.1 Å². The monoisotopic (exact) mass is 764 g/mol. The number of pyridine rings is 1. The van der Waals surface area contributed by atoms with E-state index in [2.05, 4.69) is 49.0 Å². The molecule has 2 aromatic carbocycles. The molecular formula is C36H41Cl2F3N6O5. The SMILES string of the molecule is CCOc1nc(OC)c(CN2C[C@@H]3CN(C(=O)c4ccc[nH]c4=O)CCN3[C@H](C(c3ccccc3)c3ccccc3)C2)c(OCC(F)(F)F)n1.Cl.Cl. The Morgan fingerprint density at radius 1 is 0.904 bits per heavy atom. The number of halogens is 5. The molecule has 2 saturated heterocycles. The molecule has 280 valence electrons. The van der Waals surface area contributed by atoms with Crippen LogP contribution in [0.25, 0.3) is 0 Å². The van der Waals surface area contributed by atoms with E-state index in [1.165, 1.54) is 19.4 Å². The van der Waals surface area contributed by atoms with Crippen molar-refractivity contribution < 1.29 is 32.2 Å². The summed E-state index contributed by atoms with van der Waals surface area (Å²) < 4.78 is 56.3. The van der Waals surface area contributed by atoms with Gasteiger partial charge in [-0.2, -0.15) is 23.1 Å². The van der Waals surface area contributed by atoms with Crippen molar-refractivity contribution >= 4 is 30.7 Å². The summed E-state index contributed by atoms with van der Waals surface area (Å²) in [7, 11) is 1.38. The van der Waals surface area contributed by atoms with Gasteiger partial charge in [-0.25, -0.2) is 0 Å². The fraction of sp³-hybridized carbons (Fsp3) is 0.389. The zero-order valence-corrected chi connectivity index (χ0v) is 30.3. The molecule has 2 aliphatic rings. The summed E-state index contributed by atoms with van der Waals surface area (Å²) in [6.45, 7) is 2.75. The van der Waals surface area contributed by atoms with E-state index in [0.29, 0.717) is 32.7 Å². The Morgan fingerprint density at radius 3 is 2.15 bits per heavy atom. The lowest BCUT2D eigenvalue weighted by molar-refractivity contribution is -0.154. The average molecular weight is 766 g/mol. The number of ether oxygens (including phenoxy) is 3. The molecule has 0 unspecified atom stereocenters. The normalized spacial score (nSPS) is 17.8. The van der Waals surface area contributed by atoms with E-state index in [4.69, 9.17) is 14.2 Å². The lowest BCUT2D eigenvalue weighted by Gasteiger charge is -2.53. The Morgan fingerprint density at radius 2 is 1.56 bits per heavy atom. The number of amides is 1. The molecule has 16 heteroatoms. The van der Waals surface area contributed by atoms with Crippen LogP contribution in [0.15, 0.2) is 83.8 Å². The predicted molar refractivity (Wildman–Crippen MR) is 193 cm³/mol. The fourth-order valence-electron chi connectivity index (χ4n) is 6.95. The van der Waals surface area contributed by atoms with Gasteiger partial charge in [-0.3, -0.25) is 19.4 Å². The van der Waals surface area contributed by atoms with Gasteiger partial charge >= 0.3 is 12.2 Å². The molecular weight excluding hydrogens is 724 g/mol. The molecule has 0 aliphatic carbocycles. The Hall–Kier alpha value is -4.37. The van der Waals surface area contributed by atoms with Gasteiger partial charge in [0.25, 0.3) is 11.5 Å². The van der Waals surface area contributed by atoms with Crippen LogP contribution < -0.4 is 19.8 Å². The minimum absolute atomic E-state index is 0. The van der Waals surface area contributed by atoms with Crippen LogP contribution >= 0.6 is 24.8 Å². The number of aromatic nitrogens is 3. The van der Waals surface area contributed by atoms with Gasteiger partial charge in [0.15, 0.2) is 6.61 Å². The summed E-state index contributed by atoms with van der Waals surface area (Å²) in [5.74, 6) is -0.664. The highest BCUT2D eigenvalue weighted by Crippen LogP contribution is 2.38. The van der Waals surface area contributed by atoms with Crippen molar-refractivity contribution in [1.29, 1.82) is 0 Å². The highest BCUT2D eigenvalue weighted by atomic mass is 35.5. The number of benzene rings is 2. The van der Waals surface area contributed by atoms with Crippen molar-refractivity contribution in [3.63, 3.8) is 0 Å². The molecule has 1 amide bonds. The summed E-state index contributed by atoms with van der Waals surface area (Å²) in [6, 6.07) is 23.0. The van der Waals surface area contributed by atoms with Crippen LogP contribution in [-0.4, -0.2) is 107 Å².